The van der Waals surface area contributed by atoms with Gasteiger partial charge in [-0.2, -0.15) is 4.98 Å². The number of carboxylic acid groups (broad SMARTS) is 1. The summed E-state index contributed by atoms with van der Waals surface area (Å²) in [5.41, 5.74) is 3.30. The van der Waals surface area contributed by atoms with Crippen molar-refractivity contribution in [1.29, 1.82) is 0 Å². The van der Waals surface area contributed by atoms with Crippen molar-refractivity contribution >= 4 is 23.3 Å². The van der Waals surface area contributed by atoms with E-state index in [-0.39, 0.29) is 5.69 Å². The van der Waals surface area contributed by atoms with E-state index in [1.165, 1.54) is 12.3 Å². The van der Waals surface area contributed by atoms with Crippen LogP contribution in [0.4, 0.5) is 11.6 Å². The lowest BCUT2D eigenvalue weighted by atomic mass is 10.1. The summed E-state index contributed by atoms with van der Waals surface area (Å²) in [6, 6.07) is 14.6. The smallest absolute Gasteiger partial charge is 0.354 e. The van der Waals surface area contributed by atoms with Crippen LogP contribution in [-0.2, 0) is 0 Å². The Hall–Kier alpha value is -3.94. The molecule has 0 aliphatic heterocycles. The fourth-order valence-corrected chi connectivity index (χ4v) is 2.61. The van der Waals surface area contributed by atoms with Crippen LogP contribution in [0.25, 0.3) is 16.8 Å². The van der Waals surface area contributed by atoms with Crippen molar-refractivity contribution in [3.63, 3.8) is 0 Å². The molecule has 0 aliphatic carbocycles. The minimum atomic E-state index is -1.07. The third-order valence-corrected chi connectivity index (χ3v) is 3.99. The summed E-state index contributed by atoms with van der Waals surface area (Å²) in [7, 11) is 1.63. The van der Waals surface area contributed by atoms with E-state index in [1.54, 1.807) is 17.7 Å². The summed E-state index contributed by atoms with van der Waals surface area (Å²) in [5, 5.41) is 16.3. The van der Waals surface area contributed by atoms with Crippen LogP contribution in [0.15, 0.2) is 60.9 Å². The predicted octanol–water partition coefficient (Wildman–Crippen LogP) is 3.24. The highest BCUT2D eigenvalue weighted by Crippen LogP contribution is 2.23. The van der Waals surface area contributed by atoms with Crippen LogP contribution in [0.5, 0.6) is 5.75 Å². The zero-order valence-electron chi connectivity index (χ0n) is 14.3. The highest BCUT2D eigenvalue weighted by Gasteiger charge is 2.08. The minimum Gasteiger partial charge on any atom is -0.497 e. The van der Waals surface area contributed by atoms with Gasteiger partial charge >= 0.3 is 5.97 Å². The predicted molar refractivity (Wildman–Crippen MR) is 99.5 cm³/mol. The Morgan fingerprint density at radius 3 is 2.52 bits per heavy atom. The third-order valence-electron chi connectivity index (χ3n) is 3.99. The summed E-state index contributed by atoms with van der Waals surface area (Å²) in [4.78, 5) is 19.1. The molecule has 8 nitrogen and oxygen atoms in total. The molecule has 0 radical (unpaired) electrons. The van der Waals surface area contributed by atoms with Gasteiger partial charge in [0.2, 0.25) is 5.95 Å². The fourth-order valence-electron chi connectivity index (χ4n) is 2.61. The van der Waals surface area contributed by atoms with Gasteiger partial charge in [0.15, 0.2) is 5.65 Å². The number of hydrogen-bond donors (Lipinski definition) is 2. The van der Waals surface area contributed by atoms with Gasteiger partial charge in [-0.05, 0) is 42.0 Å². The number of nitrogens with one attached hydrogen (secondary N) is 1. The van der Waals surface area contributed by atoms with E-state index in [0.29, 0.717) is 17.3 Å². The normalized spacial score (nSPS) is 10.7. The molecule has 0 atom stereocenters. The molecule has 0 unspecified atom stereocenters. The summed E-state index contributed by atoms with van der Waals surface area (Å²) in [5.74, 6) is 0.125. The van der Waals surface area contributed by atoms with Gasteiger partial charge in [0, 0.05) is 11.8 Å². The lowest BCUT2D eigenvalue weighted by molar-refractivity contribution is 0.0690. The molecule has 1 aromatic carbocycles. The van der Waals surface area contributed by atoms with Crippen LogP contribution >= 0.6 is 0 Å². The number of carbonyl (C=O) groups is 1. The first-order valence-corrected chi connectivity index (χ1v) is 8.09. The Bertz CT molecular complexity index is 1100. The van der Waals surface area contributed by atoms with Crippen LogP contribution in [0.1, 0.15) is 10.5 Å². The summed E-state index contributed by atoms with van der Waals surface area (Å²) >= 11 is 0. The number of fused-ring (bicyclic) bond motifs is 1. The van der Waals surface area contributed by atoms with Crippen molar-refractivity contribution in [2.75, 3.05) is 12.4 Å². The Morgan fingerprint density at radius 2 is 1.85 bits per heavy atom. The molecule has 0 amide bonds. The molecule has 0 aliphatic rings. The zero-order valence-corrected chi connectivity index (χ0v) is 14.3. The SMILES string of the molecule is COc1ccc(-c2ccc3nc(Nc4ccc(C(=O)O)nc4)nn3c2)cc1. The van der Waals surface area contributed by atoms with Crippen molar-refractivity contribution in [2.24, 2.45) is 0 Å². The Labute approximate surface area is 154 Å². The first kappa shape index (κ1) is 16.5. The summed E-state index contributed by atoms with van der Waals surface area (Å²) in [6.07, 6.45) is 3.32. The number of benzene rings is 1. The molecule has 3 aromatic heterocycles. The van der Waals surface area contributed by atoms with Crippen LogP contribution in [0.2, 0.25) is 0 Å². The van der Waals surface area contributed by atoms with Crippen molar-refractivity contribution in [1.82, 2.24) is 19.6 Å². The number of carboxylic acids is 1. The molecule has 2 N–H and O–H groups in total. The molecule has 4 rings (SSSR count). The maximum Gasteiger partial charge on any atom is 0.354 e. The largest absolute Gasteiger partial charge is 0.497 e. The average Bonchev–Trinajstić information content (AvgIpc) is 3.10. The molecule has 0 bridgehead atoms. The van der Waals surface area contributed by atoms with Crippen molar-refractivity contribution in [2.45, 2.75) is 0 Å². The Morgan fingerprint density at radius 1 is 1.07 bits per heavy atom. The van der Waals surface area contributed by atoms with Crippen molar-refractivity contribution in [3.05, 3.63) is 66.6 Å². The number of nitrogens with zero attached hydrogens (tertiary/aromatic N) is 4. The number of aromatic nitrogens is 4. The van der Waals surface area contributed by atoms with Gasteiger partial charge in [-0.1, -0.05) is 12.1 Å². The topological polar surface area (TPSA) is 102 Å². The first-order chi connectivity index (χ1) is 13.1. The molecular weight excluding hydrogens is 346 g/mol. The molecule has 0 saturated carbocycles. The van der Waals surface area contributed by atoms with Gasteiger partial charge in [0.25, 0.3) is 0 Å². The van der Waals surface area contributed by atoms with E-state index in [4.69, 9.17) is 9.84 Å². The standard InChI is InChI=1S/C19H15N5O3/c1-27-15-6-2-12(3-7-15)13-4-9-17-22-19(23-24(17)11-13)21-14-5-8-16(18(25)26)20-10-14/h2-11H,1H3,(H,21,23)(H,25,26). The second-order valence-corrected chi connectivity index (χ2v) is 5.75. The highest BCUT2D eigenvalue weighted by atomic mass is 16.5. The molecule has 4 aromatic rings. The van der Waals surface area contributed by atoms with Crippen molar-refractivity contribution in [3.8, 4) is 16.9 Å². The first-order valence-electron chi connectivity index (χ1n) is 8.09. The zero-order chi connectivity index (χ0) is 18.8. The summed E-state index contributed by atoms with van der Waals surface area (Å²) in [6.45, 7) is 0. The van der Waals surface area contributed by atoms with Gasteiger partial charge in [-0.15, -0.1) is 5.10 Å². The van der Waals surface area contributed by atoms with E-state index < -0.39 is 5.97 Å². The van der Waals surface area contributed by atoms with Gasteiger partial charge < -0.3 is 15.2 Å². The van der Waals surface area contributed by atoms with E-state index in [0.717, 1.165) is 16.9 Å². The molecular formula is C19H15N5O3. The molecule has 0 saturated heterocycles. The lowest BCUT2D eigenvalue weighted by Gasteiger charge is -2.04. The van der Waals surface area contributed by atoms with Crippen LogP contribution in [0.3, 0.4) is 0 Å². The van der Waals surface area contributed by atoms with E-state index in [2.05, 4.69) is 20.4 Å². The minimum absolute atomic E-state index is 0.0207. The quantitative estimate of drug-likeness (QED) is 0.562. The summed E-state index contributed by atoms with van der Waals surface area (Å²) < 4.78 is 6.86. The molecule has 8 heteroatoms. The van der Waals surface area contributed by atoms with Crippen LogP contribution in [0, 0.1) is 0 Å². The number of rotatable bonds is 5. The monoisotopic (exact) mass is 361 g/mol. The fraction of sp³-hybridized carbons (Fsp3) is 0.0526. The third kappa shape index (κ3) is 3.40. The van der Waals surface area contributed by atoms with Crippen LogP contribution < -0.4 is 10.1 Å². The van der Waals surface area contributed by atoms with Crippen molar-refractivity contribution < 1.29 is 14.6 Å². The number of ether oxygens (including phenoxy) is 1. The lowest BCUT2D eigenvalue weighted by Crippen LogP contribution is -2.00. The molecule has 27 heavy (non-hydrogen) atoms. The van der Waals surface area contributed by atoms with Crippen LogP contribution in [-0.4, -0.2) is 37.8 Å². The van der Waals surface area contributed by atoms with Gasteiger partial charge in [0.05, 0.1) is 19.0 Å². The molecule has 0 spiro atoms. The maximum absolute atomic E-state index is 10.9. The van der Waals surface area contributed by atoms with E-state index in [1.807, 2.05) is 42.6 Å². The molecule has 3 heterocycles. The molecule has 0 fully saturated rings. The number of pyridine rings is 2. The number of hydrogen-bond acceptors (Lipinski definition) is 6. The Kier molecular flexibility index (Phi) is 4.13. The number of anilines is 2. The maximum atomic E-state index is 10.9. The van der Waals surface area contributed by atoms with E-state index in [9.17, 15) is 4.79 Å². The Balaban J connectivity index is 1.59. The number of aromatic carboxylic acids is 1. The molecule has 134 valence electrons. The number of methoxy groups -OCH3 is 1. The van der Waals surface area contributed by atoms with Gasteiger partial charge in [0.1, 0.15) is 11.4 Å². The average molecular weight is 361 g/mol. The van der Waals surface area contributed by atoms with Gasteiger partial charge in [-0.25, -0.2) is 14.3 Å². The second kappa shape index (κ2) is 6.75. The van der Waals surface area contributed by atoms with Gasteiger partial charge in [-0.3, -0.25) is 0 Å². The van der Waals surface area contributed by atoms with E-state index >= 15 is 0 Å². The second-order valence-electron chi connectivity index (χ2n) is 5.75. The highest BCUT2D eigenvalue weighted by molar-refractivity contribution is 5.85.